The molecule has 0 bridgehead atoms. The number of Topliss-reactive ketones (excluding diaryl/α,β-unsaturated/α-hetero) is 1. The van der Waals surface area contributed by atoms with Gasteiger partial charge in [-0.3, -0.25) is 9.59 Å². The molecule has 74 valence electrons. The largest absolute Gasteiger partial charge is 0.300 e. The van der Waals surface area contributed by atoms with E-state index in [0.29, 0.717) is 23.0 Å². The molecule has 0 unspecified atom stereocenters. The molecule has 0 radical (unpaired) electrons. The van der Waals surface area contributed by atoms with Crippen molar-refractivity contribution in [2.24, 2.45) is 0 Å². The molecule has 0 aliphatic carbocycles. The first-order chi connectivity index (χ1) is 6.54. The van der Waals surface area contributed by atoms with E-state index in [2.05, 4.69) is 0 Å². The molecule has 1 aromatic rings. The van der Waals surface area contributed by atoms with Gasteiger partial charge in [0.15, 0.2) is 0 Å². The number of benzene rings is 1. The molecule has 14 heavy (non-hydrogen) atoms. The number of carbonyl (C=O) groups excluding carboxylic acids is 2. The molecule has 0 N–H and O–H groups in total. The second kappa shape index (κ2) is 4.13. The number of rotatable bonds is 3. The summed E-state index contributed by atoms with van der Waals surface area (Å²) in [7, 11) is 0. The first-order valence-electron chi connectivity index (χ1n) is 4.28. The zero-order valence-electron chi connectivity index (χ0n) is 8.13. The van der Waals surface area contributed by atoms with Crippen LogP contribution in [-0.2, 0) is 11.2 Å². The smallest absolute Gasteiger partial charge is 0.150 e. The molecule has 1 rings (SSSR count). The average Bonchev–Trinajstić information content (AvgIpc) is 2.10. The van der Waals surface area contributed by atoms with Crippen molar-refractivity contribution in [3.63, 3.8) is 0 Å². The molecule has 0 spiro atoms. The molecular weight excluding hydrogens is 183 g/mol. The highest BCUT2D eigenvalue weighted by atomic mass is 19.1. The van der Waals surface area contributed by atoms with Crippen molar-refractivity contribution in [2.45, 2.75) is 20.3 Å². The van der Waals surface area contributed by atoms with Crippen LogP contribution in [0, 0.1) is 12.7 Å². The van der Waals surface area contributed by atoms with E-state index in [9.17, 15) is 14.0 Å². The summed E-state index contributed by atoms with van der Waals surface area (Å²) >= 11 is 0. The molecular formula is C11H11FO2. The van der Waals surface area contributed by atoms with Crippen LogP contribution in [0.3, 0.4) is 0 Å². The van der Waals surface area contributed by atoms with Gasteiger partial charge >= 0.3 is 0 Å². The van der Waals surface area contributed by atoms with Crippen LogP contribution in [0.2, 0.25) is 0 Å². The van der Waals surface area contributed by atoms with E-state index in [1.165, 1.54) is 19.1 Å². The predicted octanol–water partition coefficient (Wildman–Crippen LogP) is 2.08. The molecule has 0 heterocycles. The lowest BCUT2D eigenvalue weighted by molar-refractivity contribution is -0.116. The van der Waals surface area contributed by atoms with Gasteiger partial charge in [-0.1, -0.05) is 0 Å². The van der Waals surface area contributed by atoms with Crippen molar-refractivity contribution in [3.8, 4) is 0 Å². The van der Waals surface area contributed by atoms with E-state index in [1.807, 2.05) is 0 Å². The van der Waals surface area contributed by atoms with Gasteiger partial charge in [-0.15, -0.1) is 0 Å². The standard InChI is InChI=1S/C11H11FO2/c1-7-3-10(6-13)9(4-8(2)14)5-11(7)12/h3,5-6H,4H2,1-2H3. The Labute approximate surface area is 81.7 Å². The van der Waals surface area contributed by atoms with Crippen LogP contribution in [0.15, 0.2) is 12.1 Å². The SMILES string of the molecule is CC(=O)Cc1cc(F)c(C)cc1C=O. The number of ketones is 1. The summed E-state index contributed by atoms with van der Waals surface area (Å²) in [6.45, 7) is 2.99. The normalized spacial score (nSPS) is 9.93. The van der Waals surface area contributed by atoms with Gasteiger partial charge in [0.05, 0.1) is 0 Å². The number of aldehydes is 1. The second-order valence-electron chi connectivity index (χ2n) is 3.30. The molecule has 0 saturated carbocycles. The third kappa shape index (κ3) is 2.25. The molecule has 0 saturated heterocycles. The minimum absolute atomic E-state index is 0.0867. The topological polar surface area (TPSA) is 34.1 Å². The molecule has 1 aromatic carbocycles. The Morgan fingerprint density at radius 2 is 2.14 bits per heavy atom. The van der Waals surface area contributed by atoms with Crippen LogP contribution in [0.4, 0.5) is 4.39 Å². The lowest BCUT2D eigenvalue weighted by Crippen LogP contribution is -2.02. The zero-order chi connectivity index (χ0) is 10.7. The maximum absolute atomic E-state index is 13.1. The fraction of sp³-hybridized carbons (Fsp3) is 0.273. The Morgan fingerprint density at radius 1 is 1.50 bits per heavy atom. The minimum atomic E-state index is -0.383. The highest BCUT2D eigenvalue weighted by Gasteiger charge is 2.08. The van der Waals surface area contributed by atoms with Gasteiger partial charge in [0.2, 0.25) is 0 Å². The Morgan fingerprint density at radius 3 is 2.64 bits per heavy atom. The van der Waals surface area contributed by atoms with Gasteiger partial charge in [-0.05, 0) is 37.1 Å². The van der Waals surface area contributed by atoms with Crippen LogP contribution in [0.1, 0.15) is 28.4 Å². The van der Waals surface area contributed by atoms with Crippen molar-refractivity contribution < 1.29 is 14.0 Å². The molecule has 0 atom stereocenters. The van der Waals surface area contributed by atoms with Gasteiger partial charge in [0, 0.05) is 12.0 Å². The number of aryl methyl sites for hydroxylation is 1. The molecule has 2 nitrogen and oxygen atoms in total. The molecule has 3 heteroatoms. The van der Waals surface area contributed by atoms with Gasteiger partial charge < -0.3 is 0 Å². The molecule has 0 amide bonds. The first kappa shape index (κ1) is 10.6. The Hall–Kier alpha value is -1.51. The van der Waals surface area contributed by atoms with Crippen molar-refractivity contribution >= 4 is 12.1 Å². The van der Waals surface area contributed by atoms with Crippen LogP contribution < -0.4 is 0 Å². The Balaban J connectivity index is 3.19. The molecule has 0 aliphatic heterocycles. The first-order valence-corrected chi connectivity index (χ1v) is 4.28. The third-order valence-corrected chi connectivity index (χ3v) is 1.99. The van der Waals surface area contributed by atoms with Gasteiger partial charge in [-0.2, -0.15) is 0 Å². The van der Waals surface area contributed by atoms with E-state index < -0.39 is 0 Å². The monoisotopic (exact) mass is 194 g/mol. The van der Waals surface area contributed by atoms with Gasteiger partial charge in [-0.25, -0.2) is 4.39 Å². The van der Waals surface area contributed by atoms with Crippen LogP contribution in [0.5, 0.6) is 0 Å². The van der Waals surface area contributed by atoms with E-state index in [-0.39, 0.29) is 18.0 Å². The summed E-state index contributed by atoms with van der Waals surface area (Å²) in [5.74, 6) is -0.469. The van der Waals surface area contributed by atoms with E-state index in [4.69, 9.17) is 0 Å². The summed E-state index contributed by atoms with van der Waals surface area (Å²) in [6.07, 6.45) is 0.746. The van der Waals surface area contributed by atoms with Gasteiger partial charge in [0.25, 0.3) is 0 Å². The van der Waals surface area contributed by atoms with Gasteiger partial charge in [0.1, 0.15) is 17.9 Å². The predicted molar refractivity (Wildman–Crippen MR) is 50.9 cm³/mol. The lowest BCUT2D eigenvalue weighted by atomic mass is 10.0. The molecule has 0 fully saturated rings. The summed E-state index contributed by atoms with van der Waals surface area (Å²) in [5.41, 5.74) is 1.26. The maximum atomic E-state index is 13.1. The number of halogens is 1. The van der Waals surface area contributed by atoms with Crippen LogP contribution >= 0.6 is 0 Å². The average molecular weight is 194 g/mol. The second-order valence-corrected chi connectivity index (χ2v) is 3.30. The fourth-order valence-electron chi connectivity index (χ4n) is 1.28. The van der Waals surface area contributed by atoms with Crippen molar-refractivity contribution in [3.05, 3.63) is 34.6 Å². The van der Waals surface area contributed by atoms with Crippen molar-refractivity contribution in [1.82, 2.24) is 0 Å². The summed E-state index contributed by atoms with van der Waals surface area (Å²) < 4.78 is 13.1. The highest BCUT2D eigenvalue weighted by molar-refractivity contribution is 5.84. The van der Waals surface area contributed by atoms with Crippen molar-refractivity contribution in [1.29, 1.82) is 0 Å². The van der Waals surface area contributed by atoms with Crippen LogP contribution in [-0.4, -0.2) is 12.1 Å². The summed E-state index contributed by atoms with van der Waals surface area (Å²) in [6, 6.07) is 2.71. The quantitative estimate of drug-likeness (QED) is 0.690. The maximum Gasteiger partial charge on any atom is 0.150 e. The fourth-order valence-corrected chi connectivity index (χ4v) is 1.28. The summed E-state index contributed by atoms with van der Waals surface area (Å²) in [4.78, 5) is 21.5. The highest BCUT2D eigenvalue weighted by Crippen LogP contribution is 2.14. The lowest BCUT2D eigenvalue weighted by Gasteiger charge is -2.04. The number of hydrogen-bond acceptors (Lipinski definition) is 2. The number of carbonyl (C=O) groups is 2. The van der Waals surface area contributed by atoms with Crippen molar-refractivity contribution in [2.75, 3.05) is 0 Å². The van der Waals surface area contributed by atoms with Crippen LogP contribution in [0.25, 0.3) is 0 Å². The Kier molecular flexibility index (Phi) is 3.12. The van der Waals surface area contributed by atoms with E-state index in [0.717, 1.165) is 0 Å². The molecule has 0 aromatic heterocycles. The third-order valence-electron chi connectivity index (χ3n) is 1.99. The van der Waals surface area contributed by atoms with E-state index in [1.54, 1.807) is 6.92 Å². The minimum Gasteiger partial charge on any atom is -0.300 e. The zero-order valence-corrected chi connectivity index (χ0v) is 8.13. The van der Waals surface area contributed by atoms with E-state index >= 15 is 0 Å². The summed E-state index contributed by atoms with van der Waals surface area (Å²) in [5, 5.41) is 0. The Bertz CT molecular complexity index is 383. The number of hydrogen-bond donors (Lipinski definition) is 0. The molecule has 0 aliphatic rings.